The van der Waals surface area contributed by atoms with E-state index in [-0.39, 0.29) is 17.4 Å². The number of anilines is 1. The summed E-state index contributed by atoms with van der Waals surface area (Å²) in [6, 6.07) is 6.98. The Labute approximate surface area is 153 Å². The van der Waals surface area contributed by atoms with E-state index in [4.69, 9.17) is 0 Å². The van der Waals surface area contributed by atoms with Crippen LogP contribution in [0.2, 0.25) is 0 Å². The van der Waals surface area contributed by atoms with Crippen LogP contribution in [0.25, 0.3) is 0 Å². The summed E-state index contributed by atoms with van der Waals surface area (Å²) in [5.41, 5.74) is 3.36. The lowest BCUT2D eigenvalue weighted by atomic mass is 10.1. The second kappa shape index (κ2) is 8.34. The molecule has 0 spiro atoms. The molecule has 0 fully saturated rings. The zero-order chi connectivity index (χ0) is 18.6. The maximum Gasteiger partial charge on any atom is 0.234 e. The van der Waals surface area contributed by atoms with Crippen LogP contribution in [0.4, 0.5) is 5.69 Å². The topological polar surface area (TPSA) is 64.0 Å². The Bertz CT molecular complexity index is 781. The summed E-state index contributed by atoms with van der Waals surface area (Å²) in [6.07, 6.45) is 0. The minimum atomic E-state index is -0.111. The van der Waals surface area contributed by atoms with Crippen LogP contribution in [0.1, 0.15) is 42.5 Å². The molecule has 0 bridgehead atoms. The first-order valence-electron chi connectivity index (χ1n) is 8.35. The molecule has 1 aromatic heterocycles. The van der Waals surface area contributed by atoms with Gasteiger partial charge in [-0.1, -0.05) is 37.7 Å². The average molecular weight is 359 g/mol. The third-order valence-corrected chi connectivity index (χ3v) is 4.83. The van der Waals surface area contributed by atoms with E-state index in [1.807, 2.05) is 6.92 Å². The molecular weight excluding hydrogens is 334 g/mol. The zero-order valence-electron chi connectivity index (χ0n) is 15.4. The quantitative estimate of drug-likeness (QED) is 0.597. The number of hydrogen-bond donors (Lipinski definition) is 1. The van der Waals surface area contributed by atoms with Crippen LogP contribution in [0.3, 0.4) is 0 Å². The van der Waals surface area contributed by atoms with E-state index in [1.165, 1.54) is 18.7 Å². The maximum absolute atomic E-state index is 12.2. The Morgan fingerprint density at radius 3 is 2.64 bits per heavy atom. The van der Waals surface area contributed by atoms with Crippen molar-refractivity contribution in [3.63, 3.8) is 0 Å². The lowest BCUT2D eigenvalue weighted by molar-refractivity contribution is -0.113. The average Bonchev–Trinajstić information content (AvgIpc) is 2.80. The Morgan fingerprint density at radius 1 is 1.28 bits per heavy atom. The summed E-state index contributed by atoms with van der Waals surface area (Å²) >= 11 is 1.43. The number of nitrogens with zero attached hydrogens (tertiary/aromatic N) is 2. The van der Waals surface area contributed by atoms with Gasteiger partial charge in [0.15, 0.2) is 10.9 Å². The summed E-state index contributed by atoms with van der Waals surface area (Å²) in [4.78, 5) is 28.2. The van der Waals surface area contributed by atoms with Gasteiger partial charge < -0.3 is 9.88 Å². The van der Waals surface area contributed by atoms with Gasteiger partial charge in [0.05, 0.1) is 11.4 Å². The van der Waals surface area contributed by atoms with Gasteiger partial charge in [-0.3, -0.25) is 9.59 Å². The number of hydrogen-bond acceptors (Lipinski definition) is 4. The summed E-state index contributed by atoms with van der Waals surface area (Å²) < 4.78 is 2.17. The molecule has 134 valence electrons. The third kappa shape index (κ3) is 5.19. The normalized spacial score (nSPS) is 11.0. The van der Waals surface area contributed by atoms with Crippen molar-refractivity contribution in [2.24, 2.45) is 5.92 Å². The first-order valence-corrected chi connectivity index (χ1v) is 9.34. The highest BCUT2D eigenvalue weighted by Crippen LogP contribution is 2.23. The van der Waals surface area contributed by atoms with Gasteiger partial charge in [-0.15, -0.1) is 0 Å². The molecule has 0 aliphatic heterocycles. The third-order valence-electron chi connectivity index (χ3n) is 3.86. The lowest BCUT2D eigenvalue weighted by Crippen LogP contribution is -2.15. The molecule has 1 amide bonds. The van der Waals surface area contributed by atoms with Crippen LogP contribution in [0.15, 0.2) is 29.4 Å². The molecule has 0 unspecified atom stereocenters. The van der Waals surface area contributed by atoms with Gasteiger partial charge in [-0.05, 0) is 38.8 Å². The molecule has 5 nitrogen and oxygen atoms in total. The second-order valence-corrected chi connectivity index (χ2v) is 7.49. The molecule has 0 aliphatic carbocycles. The number of nitrogens with one attached hydrogen (secondary N) is 1. The van der Waals surface area contributed by atoms with E-state index < -0.39 is 0 Å². The fraction of sp³-hybridized carbons (Fsp3) is 0.421. The number of benzene rings is 1. The van der Waals surface area contributed by atoms with Gasteiger partial charge in [0.2, 0.25) is 5.91 Å². The maximum atomic E-state index is 12.2. The van der Waals surface area contributed by atoms with Crippen molar-refractivity contribution in [2.45, 2.75) is 46.3 Å². The zero-order valence-corrected chi connectivity index (χ0v) is 16.2. The molecule has 1 aromatic carbocycles. The molecule has 0 saturated heterocycles. The van der Waals surface area contributed by atoms with Gasteiger partial charge >= 0.3 is 0 Å². The number of amides is 1. The minimum absolute atomic E-state index is 0.0212. The van der Waals surface area contributed by atoms with Crippen LogP contribution in [0.5, 0.6) is 0 Å². The highest BCUT2D eigenvalue weighted by molar-refractivity contribution is 7.99. The van der Waals surface area contributed by atoms with Crippen molar-refractivity contribution in [1.29, 1.82) is 0 Å². The highest BCUT2D eigenvalue weighted by atomic mass is 32.2. The first kappa shape index (κ1) is 19.2. The molecule has 1 heterocycles. The summed E-state index contributed by atoms with van der Waals surface area (Å²) in [5.74, 6) is 0.653. The van der Waals surface area contributed by atoms with Crippen molar-refractivity contribution in [1.82, 2.24) is 9.55 Å². The number of Topliss-reactive ketones (excluding diaryl/α,β-unsaturated/α-hetero) is 1. The molecule has 25 heavy (non-hydrogen) atoms. The number of carbonyl (C=O) groups excluding carboxylic acids is 2. The smallest absolute Gasteiger partial charge is 0.234 e. The Kier molecular flexibility index (Phi) is 6.42. The Hall–Kier alpha value is -2.08. The molecular formula is C19H25N3O2S. The van der Waals surface area contributed by atoms with E-state index in [1.54, 1.807) is 24.3 Å². The Balaban J connectivity index is 2.02. The number of carbonyl (C=O) groups is 2. The monoisotopic (exact) mass is 359 g/mol. The van der Waals surface area contributed by atoms with Crippen LogP contribution in [-0.4, -0.2) is 27.0 Å². The highest BCUT2D eigenvalue weighted by Gasteiger charge is 2.14. The Morgan fingerprint density at radius 2 is 2.00 bits per heavy atom. The molecule has 2 rings (SSSR count). The molecule has 2 aromatic rings. The summed E-state index contributed by atoms with van der Waals surface area (Å²) in [5, 5.41) is 3.71. The van der Waals surface area contributed by atoms with E-state index >= 15 is 0 Å². The molecule has 1 N–H and O–H groups in total. The number of aromatic nitrogens is 2. The van der Waals surface area contributed by atoms with Crippen molar-refractivity contribution < 1.29 is 9.59 Å². The molecule has 0 aliphatic rings. The predicted molar refractivity (Wildman–Crippen MR) is 102 cm³/mol. The minimum Gasteiger partial charge on any atom is -0.325 e. The molecule has 0 radical (unpaired) electrons. The number of ketones is 1. The van der Waals surface area contributed by atoms with Crippen LogP contribution >= 0.6 is 11.8 Å². The second-order valence-electron chi connectivity index (χ2n) is 6.54. The lowest BCUT2D eigenvalue weighted by Gasteiger charge is -2.12. The van der Waals surface area contributed by atoms with Crippen molar-refractivity contribution >= 4 is 29.1 Å². The standard InChI is InChI=1S/C19H25N3O2S/c1-12(2)10-22-14(4)13(3)20-19(22)25-11-18(24)21-17-8-6-7-16(9-17)15(5)23/h6-9,12H,10-11H2,1-5H3,(H,21,24). The number of aryl methyl sites for hydroxylation is 1. The van der Waals surface area contributed by atoms with E-state index in [9.17, 15) is 9.59 Å². The largest absolute Gasteiger partial charge is 0.325 e. The summed E-state index contributed by atoms with van der Waals surface area (Å²) in [7, 11) is 0. The first-order chi connectivity index (χ1) is 11.8. The van der Waals surface area contributed by atoms with Gasteiger partial charge in [0.25, 0.3) is 0 Å². The number of thioether (sulfide) groups is 1. The fourth-order valence-electron chi connectivity index (χ4n) is 2.46. The van der Waals surface area contributed by atoms with Crippen LogP contribution < -0.4 is 5.32 Å². The number of imidazole rings is 1. The van der Waals surface area contributed by atoms with Gasteiger partial charge in [-0.25, -0.2) is 4.98 Å². The SMILES string of the molecule is CC(=O)c1cccc(NC(=O)CSc2nc(C)c(C)n2CC(C)C)c1. The molecule has 0 atom stereocenters. The van der Waals surface area contributed by atoms with E-state index in [0.29, 0.717) is 17.2 Å². The molecule has 6 heteroatoms. The van der Waals surface area contributed by atoms with E-state index in [2.05, 4.69) is 35.6 Å². The van der Waals surface area contributed by atoms with E-state index in [0.717, 1.165) is 23.1 Å². The fourth-order valence-corrected chi connectivity index (χ4v) is 3.36. The van der Waals surface area contributed by atoms with Gasteiger partial charge in [-0.2, -0.15) is 0 Å². The van der Waals surface area contributed by atoms with Gasteiger partial charge in [0.1, 0.15) is 0 Å². The van der Waals surface area contributed by atoms with Crippen LogP contribution in [0, 0.1) is 19.8 Å². The summed E-state index contributed by atoms with van der Waals surface area (Å²) in [6.45, 7) is 10.8. The van der Waals surface area contributed by atoms with Crippen LogP contribution in [-0.2, 0) is 11.3 Å². The number of rotatable bonds is 7. The van der Waals surface area contributed by atoms with Crippen molar-refractivity contribution in [3.05, 3.63) is 41.2 Å². The van der Waals surface area contributed by atoms with Crippen molar-refractivity contribution in [2.75, 3.05) is 11.1 Å². The molecule has 0 saturated carbocycles. The van der Waals surface area contributed by atoms with Crippen molar-refractivity contribution in [3.8, 4) is 0 Å². The predicted octanol–water partition coefficient (Wildman–Crippen LogP) is 4.09. The van der Waals surface area contributed by atoms with Gasteiger partial charge in [0, 0.05) is 23.5 Å².